The number of nitrogens with zero attached hydrogens (tertiary/aromatic N) is 2. The number of anilines is 2. The van der Waals surface area contributed by atoms with Gasteiger partial charge < -0.3 is 26.4 Å². The van der Waals surface area contributed by atoms with Crippen molar-refractivity contribution in [2.75, 3.05) is 43.9 Å². The summed E-state index contributed by atoms with van der Waals surface area (Å²) in [7, 11) is 0. The summed E-state index contributed by atoms with van der Waals surface area (Å²) in [6.07, 6.45) is 3.54. The molecule has 1 heterocycles. The molecule has 0 aliphatic carbocycles. The van der Waals surface area contributed by atoms with Crippen LogP contribution in [0.5, 0.6) is 0 Å². The maximum absolute atomic E-state index is 12.7. The van der Waals surface area contributed by atoms with E-state index in [1.165, 1.54) is 5.56 Å². The van der Waals surface area contributed by atoms with Crippen LogP contribution in [-0.2, 0) is 17.7 Å². The van der Waals surface area contributed by atoms with Crippen molar-refractivity contribution >= 4 is 23.3 Å². The molecule has 0 aromatic heterocycles. The Hall–Kier alpha value is -3.88. The number of carbonyl (C=O) groups excluding carboxylic acids is 2. The lowest BCUT2D eigenvalue weighted by Crippen LogP contribution is -2.44. The molecule has 0 radical (unpaired) electrons. The fourth-order valence-electron chi connectivity index (χ4n) is 4.96. The molecule has 0 spiro atoms. The van der Waals surface area contributed by atoms with E-state index >= 15 is 0 Å². The number of hydrogen-bond acceptors (Lipinski definition) is 5. The van der Waals surface area contributed by atoms with Crippen molar-refractivity contribution in [3.8, 4) is 0 Å². The van der Waals surface area contributed by atoms with Gasteiger partial charge in [-0.2, -0.15) is 0 Å². The maximum atomic E-state index is 12.7. The van der Waals surface area contributed by atoms with E-state index in [2.05, 4.69) is 22.3 Å². The van der Waals surface area contributed by atoms with Gasteiger partial charge >= 0.3 is 6.03 Å². The first-order chi connectivity index (χ1) is 19.0. The molecule has 8 nitrogen and oxygen atoms in total. The zero-order chi connectivity index (χ0) is 27.5. The van der Waals surface area contributed by atoms with Crippen molar-refractivity contribution < 1.29 is 14.3 Å². The zero-order valence-corrected chi connectivity index (χ0v) is 22.4. The summed E-state index contributed by atoms with van der Waals surface area (Å²) >= 11 is 0. The summed E-state index contributed by atoms with van der Waals surface area (Å²) in [5.74, 6) is -0.241. The molecular formula is C31H39N5O3. The van der Waals surface area contributed by atoms with Crippen molar-refractivity contribution in [1.29, 1.82) is 0 Å². The van der Waals surface area contributed by atoms with Crippen molar-refractivity contribution in [2.45, 2.75) is 38.3 Å². The quantitative estimate of drug-likeness (QED) is 0.299. The minimum absolute atomic E-state index is 0.00720. The van der Waals surface area contributed by atoms with Crippen molar-refractivity contribution in [3.63, 3.8) is 0 Å². The molecule has 1 aliphatic rings. The third-order valence-electron chi connectivity index (χ3n) is 7.23. The van der Waals surface area contributed by atoms with E-state index < -0.39 is 6.03 Å². The number of morpholine rings is 1. The number of nitrogen functional groups attached to an aromatic ring is 1. The van der Waals surface area contributed by atoms with Gasteiger partial charge in [-0.1, -0.05) is 54.6 Å². The zero-order valence-electron chi connectivity index (χ0n) is 22.4. The molecule has 1 atom stereocenters. The number of amides is 3. The van der Waals surface area contributed by atoms with Crippen molar-refractivity contribution in [3.05, 3.63) is 95.6 Å². The average Bonchev–Trinajstić information content (AvgIpc) is 2.96. The molecule has 3 aromatic carbocycles. The molecule has 0 bridgehead atoms. The normalized spacial score (nSPS) is 14.5. The number of rotatable bonds is 12. The second-order valence-electron chi connectivity index (χ2n) is 9.98. The lowest BCUT2D eigenvalue weighted by atomic mass is 9.99. The van der Waals surface area contributed by atoms with E-state index in [1.807, 2.05) is 42.5 Å². The first kappa shape index (κ1) is 28.1. The lowest BCUT2D eigenvalue weighted by Gasteiger charge is -2.32. The van der Waals surface area contributed by atoms with E-state index in [-0.39, 0.29) is 11.9 Å². The molecule has 1 saturated heterocycles. The SMILES string of the molecule is NC(=O)N(Cc1ccc(C(=O)Nc2ccccc2N)cc1)C(CCCN1CCOCC1)CCc1ccccc1. The van der Waals surface area contributed by atoms with E-state index in [0.717, 1.165) is 64.1 Å². The van der Waals surface area contributed by atoms with Gasteiger partial charge in [0.2, 0.25) is 0 Å². The number of nitrogens with two attached hydrogens (primary N) is 2. The summed E-state index contributed by atoms with van der Waals surface area (Å²) in [4.78, 5) is 29.6. The van der Waals surface area contributed by atoms with Crippen LogP contribution < -0.4 is 16.8 Å². The van der Waals surface area contributed by atoms with Crippen LogP contribution in [0, 0.1) is 0 Å². The molecule has 39 heavy (non-hydrogen) atoms. The molecular weight excluding hydrogens is 490 g/mol. The Kier molecular flexibility index (Phi) is 10.3. The second kappa shape index (κ2) is 14.3. The summed E-state index contributed by atoms with van der Waals surface area (Å²) in [5.41, 5.74) is 15.6. The number of nitrogens with one attached hydrogen (secondary N) is 1. The minimum Gasteiger partial charge on any atom is -0.397 e. The van der Waals surface area contributed by atoms with Gasteiger partial charge in [-0.05, 0) is 67.6 Å². The Bertz CT molecular complexity index is 1200. The van der Waals surface area contributed by atoms with Crippen LogP contribution in [0.25, 0.3) is 0 Å². The van der Waals surface area contributed by atoms with Crippen LogP contribution in [0.4, 0.5) is 16.2 Å². The first-order valence-electron chi connectivity index (χ1n) is 13.6. The fraction of sp³-hybridized carbons (Fsp3) is 0.355. The van der Waals surface area contributed by atoms with Gasteiger partial charge in [-0.25, -0.2) is 4.79 Å². The number of ether oxygens (including phenoxy) is 1. The van der Waals surface area contributed by atoms with Crippen LogP contribution in [0.15, 0.2) is 78.9 Å². The summed E-state index contributed by atoms with van der Waals surface area (Å²) in [5, 5.41) is 2.85. The maximum Gasteiger partial charge on any atom is 0.315 e. The van der Waals surface area contributed by atoms with Crippen LogP contribution >= 0.6 is 0 Å². The Morgan fingerprint density at radius 1 is 0.897 bits per heavy atom. The van der Waals surface area contributed by atoms with Crippen LogP contribution in [0.2, 0.25) is 0 Å². The highest BCUT2D eigenvalue weighted by Gasteiger charge is 2.23. The third-order valence-corrected chi connectivity index (χ3v) is 7.23. The number of primary amides is 1. The highest BCUT2D eigenvalue weighted by Crippen LogP contribution is 2.21. The highest BCUT2D eigenvalue weighted by molar-refractivity contribution is 6.05. The number of benzene rings is 3. The number of urea groups is 1. The molecule has 4 rings (SSSR count). The molecule has 3 aromatic rings. The molecule has 206 valence electrons. The topological polar surface area (TPSA) is 114 Å². The molecule has 1 unspecified atom stereocenters. The van der Waals surface area contributed by atoms with E-state index in [4.69, 9.17) is 16.2 Å². The van der Waals surface area contributed by atoms with Gasteiger partial charge in [0, 0.05) is 31.2 Å². The van der Waals surface area contributed by atoms with Gasteiger partial charge in [0.05, 0.1) is 24.6 Å². The number of aryl methyl sites for hydroxylation is 1. The summed E-state index contributed by atoms with van der Waals surface area (Å²) < 4.78 is 5.47. The van der Waals surface area contributed by atoms with Crippen LogP contribution in [0.1, 0.15) is 40.7 Å². The Morgan fingerprint density at radius 2 is 1.59 bits per heavy atom. The van der Waals surface area contributed by atoms with Gasteiger partial charge in [-0.3, -0.25) is 9.69 Å². The van der Waals surface area contributed by atoms with Crippen molar-refractivity contribution in [1.82, 2.24) is 9.80 Å². The smallest absolute Gasteiger partial charge is 0.315 e. The average molecular weight is 530 g/mol. The molecule has 0 saturated carbocycles. The molecule has 8 heteroatoms. The van der Waals surface area contributed by atoms with Crippen molar-refractivity contribution in [2.24, 2.45) is 5.73 Å². The number of para-hydroxylation sites is 2. The van der Waals surface area contributed by atoms with Crippen LogP contribution in [-0.4, -0.2) is 60.6 Å². The molecule has 1 aliphatic heterocycles. The summed E-state index contributed by atoms with van der Waals surface area (Å²) in [6.45, 7) is 4.82. The first-order valence-corrected chi connectivity index (χ1v) is 13.6. The molecule has 3 amide bonds. The van der Waals surface area contributed by atoms with E-state index in [9.17, 15) is 9.59 Å². The molecule has 1 fully saturated rings. The standard InChI is InChI=1S/C31H39N5O3/c32-28-10-4-5-11-29(28)34-30(37)26-15-12-25(13-16-26)23-36(31(33)38)27(17-14-24-7-2-1-3-8-24)9-6-18-35-19-21-39-22-20-35/h1-5,7-8,10-13,15-16,27H,6,9,14,17-23,32H2,(H2,33,38)(H,34,37). The monoisotopic (exact) mass is 529 g/mol. The predicted octanol–water partition coefficient (Wildman–Crippen LogP) is 4.52. The number of hydrogen-bond donors (Lipinski definition) is 3. The predicted molar refractivity (Wildman–Crippen MR) is 155 cm³/mol. The largest absolute Gasteiger partial charge is 0.397 e. The van der Waals surface area contributed by atoms with Gasteiger partial charge in [-0.15, -0.1) is 0 Å². The Morgan fingerprint density at radius 3 is 2.28 bits per heavy atom. The van der Waals surface area contributed by atoms with Crippen LogP contribution in [0.3, 0.4) is 0 Å². The Balaban J connectivity index is 1.41. The number of carbonyl (C=O) groups is 2. The van der Waals surface area contributed by atoms with E-state index in [1.54, 1.807) is 29.2 Å². The van der Waals surface area contributed by atoms with Gasteiger partial charge in [0.15, 0.2) is 0 Å². The van der Waals surface area contributed by atoms with Gasteiger partial charge in [0.25, 0.3) is 5.91 Å². The van der Waals surface area contributed by atoms with E-state index in [0.29, 0.717) is 23.5 Å². The molecule has 5 N–H and O–H groups in total. The highest BCUT2D eigenvalue weighted by atomic mass is 16.5. The lowest BCUT2D eigenvalue weighted by molar-refractivity contribution is 0.0362. The Labute approximate surface area is 230 Å². The second-order valence-corrected chi connectivity index (χ2v) is 9.98. The fourth-order valence-corrected chi connectivity index (χ4v) is 4.96. The van der Waals surface area contributed by atoms with Gasteiger partial charge in [0.1, 0.15) is 0 Å². The minimum atomic E-state index is -0.430. The summed E-state index contributed by atoms with van der Waals surface area (Å²) in [6, 6.07) is 24.3. The third kappa shape index (κ3) is 8.56.